The molecule has 3 aromatic heterocycles. The topological polar surface area (TPSA) is 71.0 Å². The van der Waals surface area contributed by atoms with E-state index in [1.165, 1.54) is 0 Å². The Labute approximate surface area is 153 Å². The van der Waals surface area contributed by atoms with Gasteiger partial charge in [-0.05, 0) is 30.3 Å². The van der Waals surface area contributed by atoms with Gasteiger partial charge < -0.3 is 10.2 Å². The summed E-state index contributed by atoms with van der Waals surface area (Å²) < 4.78 is 0. The van der Waals surface area contributed by atoms with Crippen molar-refractivity contribution in [3.63, 3.8) is 0 Å². The number of rotatable bonds is 7. The van der Waals surface area contributed by atoms with Gasteiger partial charge in [0.25, 0.3) is 5.91 Å². The first-order valence-corrected chi connectivity index (χ1v) is 8.47. The Kier molecular flexibility index (Phi) is 5.88. The molecule has 0 aliphatic carbocycles. The van der Waals surface area contributed by atoms with Gasteiger partial charge in [0.15, 0.2) is 0 Å². The minimum Gasteiger partial charge on any atom is -0.359 e. The first-order chi connectivity index (χ1) is 12.7. The standard InChI is InChI=1S/C20H21N5O/c1-25(14-9-18-6-2-3-10-22-18)19-17(5-4-11-23-19)15-24-20(26)16-7-12-21-13-8-16/h2-8,10-13H,9,14-15H2,1H3,(H,24,26). The third kappa shape index (κ3) is 4.63. The Morgan fingerprint density at radius 2 is 1.81 bits per heavy atom. The van der Waals surface area contributed by atoms with Crippen LogP contribution < -0.4 is 10.2 Å². The summed E-state index contributed by atoms with van der Waals surface area (Å²) in [5.41, 5.74) is 2.61. The van der Waals surface area contributed by atoms with E-state index in [0.29, 0.717) is 12.1 Å². The maximum absolute atomic E-state index is 12.2. The third-order valence-electron chi connectivity index (χ3n) is 4.04. The number of nitrogens with one attached hydrogen (secondary N) is 1. The third-order valence-corrected chi connectivity index (χ3v) is 4.04. The fourth-order valence-electron chi connectivity index (χ4n) is 2.63. The highest BCUT2D eigenvalue weighted by molar-refractivity contribution is 5.93. The van der Waals surface area contributed by atoms with Crippen molar-refractivity contribution in [1.82, 2.24) is 20.3 Å². The van der Waals surface area contributed by atoms with E-state index in [1.54, 1.807) is 36.9 Å². The van der Waals surface area contributed by atoms with Crippen LogP contribution in [0.1, 0.15) is 21.6 Å². The molecule has 1 amide bonds. The lowest BCUT2D eigenvalue weighted by atomic mass is 10.2. The van der Waals surface area contributed by atoms with Gasteiger partial charge in [0, 0.05) is 68.2 Å². The Bertz CT molecular complexity index is 839. The van der Waals surface area contributed by atoms with Gasteiger partial charge >= 0.3 is 0 Å². The molecule has 6 nitrogen and oxygen atoms in total. The van der Waals surface area contributed by atoms with Crippen molar-refractivity contribution in [2.24, 2.45) is 0 Å². The summed E-state index contributed by atoms with van der Waals surface area (Å²) in [5, 5.41) is 2.94. The maximum atomic E-state index is 12.2. The first-order valence-electron chi connectivity index (χ1n) is 8.47. The van der Waals surface area contributed by atoms with E-state index in [2.05, 4.69) is 25.2 Å². The van der Waals surface area contributed by atoms with Crippen molar-refractivity contribution in [2.45, 2.75) is 13.0 Å². The zero-order chi connectivity index (χ0) is 18.2. The minimum atomic E-state index is -0.127. The van der Waals surface area contributed by atoms with Gasteiger partial charge in [0.05, 0.1) is 0 Å². The second kappa shape index (κ2) is 8.71. The number of likely N-dealkylation sites (N-methyl/N-ethyl adjacent to an activating group) is 1. The molecule has 3 heterocycles. The van der Waals surface area contributed by atoms with E-state index in [4.69, 9.17) is 0 Å². The number of nitrogens with zero attached hydrogens (tertiary/aromatic N) is 4. The lowest BCUT2D eigenvalue weighted by Gasteiger charge is -2.21. The predicted octanol–water partition coefficient (Wildman–Crippen LogP) is 2.48. The van der Waals surface area contributed by atoms with Crippen LogP contribution in [0.5, 0.6) is 0 Å². The van der Waals surface area contributed by atoms with Crippen molar-refractivity contribution in [1.29, 1.82) is 0 Å². The van der Waals surface area contributed by atoms with Crippen LogP contribution in [-0.4, -0.2) is 34.5 Å². The van der Waals surface area contributed by atoms with Crippen LogP contribution >= 0.6 is 0 Å². The van der Waals surface area contributed by atoms with Crippen LogP contribution in [0, 0.1) is 0 Å². The quantitative estimate of drug-likeness (QED) is 0.711. The summed E-state index contributed by atoms with van der Waals surface area (Å²) in [6.45, 7) is 1.21. The molecule has 0 saturated heterocycles. The van der Waals surface area contributed by atoms with E-state index in [1.807, 2.05) is 37.4 Å². The molecule has 0 aromatic carbocycles. The molecule has 0 atom stereocenters. The minimum absolute atomic E-state index is 0.127. The number of pyridine rings is 3. The van der Waals surface area contributed by atoms with Crippen LogP contribution in [0.3, 0.4) is 0 Å². The highest BCUT2D eigenvalue weighted by Crippen LogP contribution is 2.16. The Hall–Kier alpha value is -3.28. The first kappa shape index (κ1) is 17.5. The van der Waals surface area contributed by atoms with Gasteiger partial charge in [-0.2, -0.15) is 0 Å². The van der Waals surface area contributed by atoms with Gasteiger partial charge in [-0.3, -0.25) is 14.8 Å². The molecule has 0 saturated carbocycles. The van der Waals surface area contributed by atoms with Crippen LogP contribution in [0.15, 0.2) is 67.3 Å². The van der Waals surface area contributed by atoms with Crippen molar-refractivity contribution in [2.75, 3.05) is 18.5 Å². The summed E-state index contributed by atoms with van der Waals surface area (Å²) in [6, 6.07) is 13.2. The number of aromatic nitrogens is 3. The van der Waals surface area contributed by atoms with Crippen LogP contribution in [0.2, 0.25) is 0 Å². The SMILES string of the molecule is CN(CCc1ccccn1)c1ncccc1CNC(=O)c1ccncc1. The van der Waals surface area contributed by atoms with Crippen molar-refractivity contribution in [3.05, 3.63) is 84.1 Å². The largest absolute Gasteiger partial charge is 0.359 e. The highest BCUT2D eigenvalue weighted by atomic mass is 16.1. The lowest BCUT2D eigenvalue weighted by molar-refractivity contribution is 0.0951. The Morgan fingerprint density at radius 3 is 2.58 bits per heavy atom. The smallest absolute Gasteiger partial charge is 0.251 e. The predicted molar refractivity (Wildman–Crippen MR) is 101 cm³/mol. The molecule has 3 rings (SSSR count). The molecule has 6 heteroatoms. The molecule has 0 unspecified atom stereocenters. The van der Waals surface area contributed by atoms with E-state index >= 15 is 0 Å². The van der Waals surface area contributed by atoms with Crippen molar-refractivity contribution in [3.8, 4) is 0 Å². The summed E-state index contributed by atoms with van der Waals surface area (Å²) in [5.74, 6) is 0.733. The van der Waals surface area contributed by atoms with Gasteiger partial charge in [-0.15, -0.1) is 0 Å². The molecule has 3 aromatic rings. The molecule has 0 radical (unpaired) electrons. The molecular formula is C20H21N5O. The normalized spacial score (nSPS) is 10.3. The zero-order valence-electron chi connectivity index (χ0n) is 14.7. The van der Waals surface area contributed by atoms with Gasteiger partial charge in [-0.1, -0.05) is 12.1 Å². The number of anilines is 1. The Morgan fingerprint density at radius 1 is 1.00 bits per heavy atom. The molecule has 0 fully saturated rings. The van der Waals surface area contributed by atoms with E-state index < -0.39 is 0 Å². The molecule has 0 spiro atoms. The van der Waals surface area contributed by atoms with Crippen LogP contribution in [0.25, 0.3) is 0 Å². The fourth-order valence-corrected chi connectivity index (χ4v) is 2.63. The second-order valence-electron chi connectivity index (χ2n) is 5.90. The number of carbonyl (C=O) groups excluding carboxylic acids is 1. The monoisotopic (exact) mass is 347 g/mol. The molecule has 0 aliphatic rings. The summed E-state index contributed by atoms with van der Waals surface area (Å²) in [7, 11) is 2.00. The summed E-state index contributed by atoms with van der Waals surface area (Å²) in [6.07, 6.45) is 7.61. The molecular weight excluding hydrogens is 326 g/mol. The average molecular weight is 347 g/mol. The molecule has 1 N–H and O–H groups in total. The molecule has 26 heavy (non-hydrogen) atoms. The number of hydrogen-bond acceptors (Lipinski definition) is 5. The Balaban J connectivity index is 1.63. The summed E-state index contributed by atoms with van der Waals surface area (Å²) >= 11 is 0. The molecule has 0 bridgehead atoms. The van der Waals surface area contributed by atoms with Gasteiger partial charge in [0.1, 0.15) is 5.82 Å². The van der Waals surface area contributed by atoms with Crippen LogP contribution in [0.4, 0.5) is 5.82 Å². The van der Waals surface area contributed by atoms with Crippen molar-refractivity contribution < 1.29 is 4.79 Å². The lowest BCUT2D eigenvalue weighted by Crippen LogP contribution is -2.27. The van der Waals surface area contributed by atoms with Gasteiger partial charge in [-0.25, -0.2) is 4.98 Å². The van der Waals surface area contributed by atoms with E-state index in [-0.39, 0.29) is 5.91 Å². The molecule has 132 valence electrons. The van der Waals surface area contributed by atoms with Crippen LogP contribution in [-0.2, 0) is 13.0 Å². The zero-order valence-corrected chi connectivity index (χ0v) is 14.7. The van der Waals surface area contributed by atoms with E-state index in [0.717, 1.165) is 30.0 Å². The fraction of sp³-hybridized carbons (Fsp3) is 0.200. The van der Waals surface area contributed by atoms with Crippen molar-refractivity contribution >= 4 is 11.7 Å². The number of carbonyl (C=O) groups is 1. The number of amides is 1. The summed E-state index contributed by atoms with van der Waals surface area (Å²) in [4.78, 5) is 27.1. The highest BCUT2D eigenvalue weighted by Gasteiger charge is 2.11. The van der Waals surface area contributed by atoms with E-state index in [9.17, 15) is 4.79 Å². The second-order valence-corrected chi connectivity index (χ2v) is 5.90. The molecule has 0 aliphatic heterocycles. The number of hydrogen-bond donors (Lipinski definition) is 1. The van der Waals surface area contributed by atoms with Gasteiger partial charge in [0.2, 0.25) is 0 Å². The maximum Gasteiger partial charge on any atom is 0.251 e. The average Bonchev–Trinajstić information content (AvgIpc) is 2.72.